The minimum absolute atomic E-state index is 0.193. The fourth-order valence-electron chi connectivity index (χ4n) is 4.99. The summed E-state index contributed by atoms with van der Waals surface area (Å²) in [6, 6.07) is 22.5. The monoisotopic (exact) mass is 384 g/mol. The van der Waals surface area contributed by atoms with Crippen molar-refractivity contribution >= 4 is 23.2 Å². The highest BCUT2D eigenvalue weighted by molar-refractivity contribution is 6.42. The van der Waals surface area contributed by atoms with Gasteiger partial charge in [-0.25, -0.2) is 0 Å². The maximum atomic E-state index is 13.7. The average molecular weight is 385 g/mol. The highest BCUT2D eigenvalue weighted by Gasteiger charge is 2.69. The van der Waals surface area contributed by atoms with Crippen LogP contribution in [0, 0.1) is 5.92 Å². The summed E-state index contributed by atoms with van der Waals surface area (Å²) in [5.41, 5.74) is 3.35. The van der Waals surface area contributed by atoms with E-state index in [2.05, 4.69) is 10.2 Å². The van der Waals surface area contributed by atoms with Gasteiger partial charge in [0, 0.05) is 11.1 Å². The smallest absolute Gasteiger partial charge is 0.229 e. The number of hydrogen-bond donors (Lipinski definition) is 0. The van der Waals surface area contributed by atoms with Crippen molar-refractivity contribution in [2.45, 2.75) is 10.5 Å². The molecule has 1 spiro atoms. The van der Waals surface area contributed by atoms with Gasteiger partial charge in [-0.05, 0) is 22.3 Å². The molecule has 28 heavy (non-hydrogen) atoms. The van der Waals surface area contributed by atoms with E-state index in [-0.39, 0.29) is 11.6 Å². The zero-order valence-electron chi connectivity index (χ0n) is 14.6. The van der Waals surface area contributed by atoms with E-state index < -0.39 is 16.5 Å². The van der Waals surface area contributed by atoms with Crippen molar-refractivity contribution in [3.05, 3.63) is 95.1 Å². The van der Waals surface area contributed by atoms with Crippen molar-refractivity contribution in [2.75, 3.05) is 0 Å². The average Bonchev–Trinajstić information content (AvgIpc) is 3.22. The van der Waals surface area contributed by atoms with E-state index in [0.29, 0.717) is 11.1 Å². The second-order valence-electron chi connectivity index (χ2n) is 7.40. The van der Waals surface area contributed by atoms with E-state index in [9.17, 15) is 9.59 Å². The highest BCUT2D eigenvalue weighted by Crippen LogP contribution is 2.62. The van der Waals surface area contributed by atoms with Crippen molar-refractivity contribution in [3.63, 3.8) is 0 Å². The first-order chi connectivity index (χ1) is 13.6. The second-order valence-corrected chi connectivity index (χ2v) is 7.98. The Morgan fingerprint density at radius 2 is 1.18 bits per heavy atom. The van der Waals surface area contributed by atoms with Crippen molar-refractivity contribution in [1.82, 2.24) is 0 Å². The number of ketones is 2. The Labute approximate surface area is 165 Å². The van der Waals surface area contributed by atoms with Crippen LogP contribution in [0.15, 0.2) is 83.0 Å². The molecule has 0 bridgehead atoms. The van der Waals surface area contributed by atoms with Crippen LogP contribution in [0.5, 0.6) is 0 Å². The fraction of sp³-hybridized carbons (Fsp3) is 0.130. The molecule has 0 amide bonds. The van der Waals surface area contributed by atoms with Gasteiger partial charge < -0.3 is 0 Å². The largest absolute Gasteiger partial charge is 0.294 e. The van der Waals surface area contributed by atoms with Crippen LogP contribution in [0.3, 0.4) is 0 Å². The van der Waals surface area contributed by atoms with Crippen LogP contribution in [-0.4, -0.2) is 16.6 Å². The lowest BCUT2D eigenvalue weighted by molar-refractivity contribution is 0.0744. The molecule has 0 aromatic heterocycles. The molecule has 1 aliphatic heterocycles. The van der Waals surface area contributed by atoms with Crippen molar-refractivity contribution in [1.29, 1.82) is 0 Å². The number of benzene rings is 3. The van der Waals surface area contributed by atoms with Gasteiger partial charge >= 0.3 is 0 Å². The third-order valence-electron chi connectivity index (χ3n) is 6.14. The Morgan fingerprint density at radius 3 is 1.79 bits per heavy atom. The number of azo groups is 1. The van der Waals surface area contributed by atoms with Crippen LogP contribution in [0.1, 0.15) is 31.8 Å². The molecule has 4 nitrogen and oxygen atoms in total. The van der Waals surface area contributed by atoms with Gasteiger partial charge in [0.2, 0.25) is 10.8 Å². The number of carbonyl (C=O) groups is 2. The SMILES string of the molecule is O=C1c2ccccc2C(=O)[C@]2(Cl)N=NC3(c4ccccc4-c4ccccc43)[C@H]12. The van der Waals surface area contributed by atoms with E-state index in [4.69, 9.17) is 11.6 Å². The molecule has 3 aliphatic rings. The molecular weight excluding hydrogens is 372 g/mol. The predicted molar refractivity (Wildman–Crippen MR) is 105 cm³/mol. The molecule has 2 aliphatic carbocycles. The van der Waals surface area contributed by atoms with Crippen LogP contribution in [0.2, 0.25) is 0 Å². The quantitative estimate of drug-likeness (QED) is 0.404. The summed E-state index contributed by atoms with van der Waals surface area (Å²) in [5, 5.41) is 8.87. The molecule has 0 N–H and O–H groups in total. The summed E-state index contributed by atoms with van der Waals surface area (Å²) in [6.07, 6.45) is 0. The number of Topliss-reactive ketones (excluding diaryl/α,β-unsaturated/α-hetero) is 2. The van der Waals surface area contributed by atoms with Gasteiger partial charge in [-0.2, -0.15) is 10.2 Å². The maximum Gasteiger partial charge on any atom is 0.229 e. The van der Waals surface area contributed by atoms with E-state index in [1.54, 1.807) is 24.3 Å². The minimum atomic E-state index is -1.73. The molecule has 3 aromatic rings. The van der Waals surface area contributed by atoms with Gasteiger partial charge in [0.1, 0.15) is 11.5 Å². The van der Waals surface area contributed by atoms with Crippen molar-refractivity contribution in [2.24, 2.45) is 16.1 Å². The summed E-state index contributed by atoms with van der Waals surface area (Å²) in [5.74, 6) is -1.48. The van der Waals surface area contributed by atoms with Crippen molar-refractivity contribution < 1.29 is 9.59 Å². The second kappa shape index (κ2) is 5.03. The maximum absolute atomic E-state index is 13.7. The Balaban J connectivity index is 1.71. The number of hydrogen-bond acceptors (Lipinski definition) is 4. The summed E-state index contributed by atoms with van der Waals surface area (Å²) in [4.78, 5) is 25.2. The first-order valence-electron chi connectivity index (χ1n) is 9.09. The molecule has 134 valence electrons. The van der Waals surface area contributed by atoms with E-state index in [1.165, 1.54) is 0 Å². The summed E-state index contributed by atoms with van der Waals surface area (Å²) in [6.45, 7) is 0. The van der Waals surface area contributed by atoms with Gasteiger partial charge in [-0.3, -0.25) is 9.59 Å². The summed E-state index contributed by atoms with van der Waals surface area (Å²) >= 11 is 6.82. The highest BCUT2D eigenvalue weighted by atomic mass is 35.5. The van der Waals surface area contributed by atoms with Gasteiger partial charge in [0.25, 0.3) is 0 Å². The third kappa shape index (κ3) is 1.60. The van der Waals surface area contributed by atoms with Gasteiger partial charge in [-0.15, -0.1) is 0 Å². The fourth-order valence-corrected chi connectivity index (χ4v) is 5.39. The Bertz CT molecular complexity index is 1200. The molecule has 1 heterocycles. The number of alkyl halides is 1. The van der Waals surface area contributed by atoms with Gasteiger partial charge in [0.05, 0.1) is 0 Å². The molecule has 0 fully saturated rings. The Kier molecular flexibility index (Phi) is 2.86. The van der Waals surface area contributed by atoms with E-state index >= 15 is 0 Å². The molecular formula is C23H13ClN2O2. The molecule has 0 saturated heterocycles. The minimum Gasteiger partial charge on any atom is -0.294 e. The van der Waals surface area contributed by atoms with Crippen LogP contribution in [0.4, 0.5) is 0 Å². The van der Waals surface area contributed by atoms with Crippen LogP contribution < -0.4 is 0 Å². The predicted octanol–water partition coefficient (Wildman–Crippen LogP) is 5.01. The van der Waals surface area contributed by atoms with Crippen LogP contribution >= 0.6 is 11.6 Å². The Morgan fingerprint density at radius 1 is 0.679 bits per heavy atom. The van der Waals surface area contributed by atoms with Crippen LogP contribution in [-0.2, 0) is 5.54 Å². The normalized spacial score (nSPS) is 25.4. The molecule has 2 atom stereocenters. The number of rotatable bonds is 0. The Hall–Kier alpha value is -3.11. The lowest BCUT2D eigenvalue weighted by Gasteiger charge is -2.37. The lowest BCUT2D eigenvalue weighted by Crippen LogP contribution is -2.52. The van der Waals surface area contributed by atoms with Gasteiger partial charge in [-0.1, -0.05) is 84.4 Å². The molecule has 6 rings (SSSR count). The van der Waals surface area contributed by atoms with Gasteiger partial charge in [0.15, 0.2) is 5.78 Å². The standard InChI is InChI=1S/C23H13ClN2O2/c24-23-20(19(27)15-9-1-2-10-16(15)21(23)28)22(25-26-23)17-11-5-3-7-13(17)14-8-4-6-12-18(14)22/h1-12,20H/t20-,23+/m0/s1. The van der Waals surface area contributed by atoms with E-state index in [1.807, 2.05) is 48.5 Å². The molecule has 0 unspecified atom stereocenters. The first-order valence-corrected chi connectivity index (χ1v) is 9.47. The number of nitrogens with zero attached hydrogens (tertiary/aromatic N) is 2. The molecule has 3 aromatic carbocycles. The molecule has 0 radical (unpaired) electrons. The number of halogens is 1. The lowest BCUT2D eigenvalue weighted by atomic mass is 9.66. The van der Waals surface area contributed by atoms with Crippen molar-refractivity contribution in [3.8, 4) is 11.1 Å². The summed E-state index contributed by atoms with van der Waals surface area (Å²) in [7, 11) is 0. The topological polar surface area (TPSA) is 58.9 Å². The third-order valence-corrected chi connectivity index (χ3v) is 6.60. The van der Waals surface area contributed by atoms with E-state index in [0.717, 1.165) is 22.3 Å². The molecule has 5 heteroatoms. The van der Waals surface area contributed by atoms with Crippen LogP contribution in [0.25, 0.3) is 11.1 Å². The number of fused-ring (bicyclic) bond motifs is 8. The zero-order valence-corrected chi connectivity index (χ0v) is 15.4. The zero-order chi connectivity index (χ0) is 19.1. The number of carbonyl (C=O) groups excluding carboxylic acids is 2. The first kappa shape index (κ1) is 15.9. The summed E-state index contributed by atoms with van der Waals surface area (Å²) < 4.78 is 0. The molecule has 0 saturated carbocycles.